The molecule has 0 radical (unpaired) electrons. The maximum absolute atomic E-state index is 9.14. The molecule has 1 aliphatic heterocycles. The number of aliphatic hydroxyl groups excluding tert-OH is 1. The Morgan fingerprint density at radius 1 is 1.67 bits per heavy atom. The second-order valence-corrected chi connectivity index (χ2v) is 3.69. The molecule has 1 saturated heterocycles. The Labute approximate surface area is 73.2 Å². The molecule has 0 aromatic carbocycles. The normalized spacial score (nSPS) is 33.5. The van der Waals surface area contributed by atoms with Crippen molar-refractivity contribution in [3.8, 4) is 0 Å². The van der Waals surface area contributed by atoms with Crippen molar-refractivity contribution in [1.29, 1.82) is 0 Å². The van der Waals surface area contributed by atoms with Crippen molar-refractivity contribution in [3.63, 3.8) is 0 Å². The lowest BCUT2D eigenvalue weighted by Gasteiger charge is -2.19. The standard InChI is InChI=1S/C10H15NO/c1-11-6-8(7-12)9-4-2-3-5-10(9)11/h2-3,5,8-9,12H,4,6-7H2,1H3. The highest BCUT2D eigenvalue weighted by atomic mass is 16.3. The molecule has 0 saturated carbocycles. The third-order valence-electron chi connectivity index (χ3n) is 2.93. The van der Waals surface area contributed by atoms with Gasteiger partial charge in [0.05, 0.1) is 0 Å². The molecule has 1 aliphatic carbocycles. The maximum Gasteiger partial charge on any atom is 0.0482 e. The lowest BCUT2D eigenvalue weighted by atomic mass is 9.89. The second-order valence-electron chi connectivity index (χ2n) is 3.69. The monoisotopic (exact) mass is 165 g/mol. The van der Waals surface area contributed by atoms with Crippen LogP contribution in [-0.2, 0) is 0 Å². The molecule has 66 valence electrons. The highest BCUT2D eigenvalue weighted by Gasteiger charge is 2.34. The van der Waals surface area contributed by atoms with Crippen molar-refractivity contribution >= 4 is 0 Å². The molecule has 2 nitrogen and oxygen atoms in total. The molecule has 0 amide bonds. The summed E-state index contributed by atoms with van der Waals surface area (Å²) in [7, 11) is 2.10. The first-order valence-corrected chi connectivity index (χ1v) is 4.51. The highest BCUT2D eigenvalue weighted by Crippen LogP contribution is 2.36. The summed E-state index contributed by atoms with van der Waals surface area (Å²) in [5.41, 5.74) is 1.40. The predicted octanol–water partition coefficient (Wildman–Crippen LogP) is 1.00. The average Bonchev–Trinajstić information content (AvgIpc) is 2.44. The van der Waals surface area contributed by atoms with Crippen LogP contribution in [0.25, 0.3) is 0 Å². The first-order valence-electron chi connectivity index (χ1n) is 4.51. The van der Waals surface area contributed by atoms with Crippen LogP contribution in [-0.4, -0.2) is 30.2 Å². The van der Waals surface area contributed by atoms with Gasteiger partial charge in [0.15, 0.2) is 0 Å². The van der Waals surface area contributed by atoms with E-state index in [0.29, 0.717) is 18.4 Å². The van der Waals surface area contributed by atoms with Crippen LogP contribution in [0, 0.1) is 11.8 Å². The second kappa shape index (κ2) is 2.94. The van der Waals surface area contributed by atoms with Gasteiger partial charge in [-0.05, 0) is 12.5 Å². The summed E-state index contributed by atoms with van der Waals surface area (Å²) in [6.45, 7) is 1.33. The number of hydrogen-bond donors (Lipinski definition) is 1. The number of aliphatic hydroxyl groups is 1. The molecule has 2 unspecified atom stereocenters. The lowest BCUT2D eigenvalue weighted by Crippen LogP contribution is -2.16. The van der Waals surface area contributed by atoms with Gasteiger partial charge in [0.1, 0.15) is 0 Å². The number of rotatable bonds is 1. The van der Waals surface area contributed by atoms with Gasteiger partial charge in [-0.15, -0.1) is 0 Å². The molecule has 0 bridgehead atoms. The van der Waals surface area contributed by atoms with E-state index >= 15 is 0 Å². The van der Waals surface area contributed by atoms with E-state index in [9.17, 15) is 0 Å². The number of nitrogens with zero attached hydrogens (tertiary/aromatic N) is 1. The van der Waals surface area contributed by atoms with Crippen molar-refractivity contribution in [1.82, 2.24) is 4.90 Å². The van der Waals surface area contributed by atoms with Gasteiger partial charge >= 0.3 is 0 Å². The van der Waals surface area contributed by atoms with Crippen LogP contribution in [0.4, 0.5) is 0 Å². The van der Waals surface area contributed by atoms with E-state index in [0.717, 1.165) is 13.0 Å². The molecule has 0 aromatic rings. The minimum Gasteiger partial charge on any atom is -0.396 e. The minimum absolute atomic E-state index is 0.320. The largest absolute Gasteiger partial charge is 0.396 e. The fourth-order valence-corrected chi connectivity index (χ4v) is 2.25. The third kappa shape index (κ3) is 1.07. The molecule has 0 aromatic heterocycles. The Morgan fingerprint density at radius 2 is 2.50 bits per heavy atom. The van der Waals surface area contributed by atoms with Crippen LogP contribution < -0.4 is 0 Å². The summed E-state index contributed by atoms with van der Waals surface area (Å²) in [4.78, 5) is 2.26. The number of hydrogen-bond acceptors (Lipinski definition) is 2. The van der Waals surface area contributed by atoms with Crippen LogP contribution in [0.15, 0.2) is 23.9 Å². The van der Waals surface area contributed by atoms with Crippen LogP contribution in [0.5, 0.6) is 0 Å². The molecule has 0 spiro atoms. The van der Waals surface area contributed by atoms with E-state index in [2.05, 4.69) is 30.2 Å². The van der Waals surface area contributed by atoms with Gasteiger partial charge < -0.3 is 10.0 Å². The van der Waals surface area contributed by atoms with E-state index < -0.39 is 0 Å². The molecular formula is C10H15NO. The Balaban J connectivity index is 2.22. The SMILES string of the molecule is CN1CC(CO)C2CC=CC=C21. The van der Waals surface area contributed by atoms with Crippen LogP contribution in [0.3, 0.4) is 0 Å². The number of allylic oxidation sites excluding steroid dienone is 4. The summed E-state index contributed by atoms with van der Waals surface area (Å²) in [5, 5.41) is 9.14. The Hall–Kier alpha value is -0.760. The first-order chi connectivity index (χ1) is 5.83. The van der Waals surface area contributed by atoms with Crippen molar-refractivity contribution in [2.24, 2.45) is 11.8 Å². The molecule has 2 aliphatic rings. The fourth-order valence-electron chi connectivity index (χ4n) is 2.25. The first kappa shape index (κ1) is 7.87. The van der Waals surface area contributed by atoms with Gasteiger partial charge in [-0.25, -0.2) is 0 Å². The quantitative estimate of drug-likeness (QED) is 0.626. The molecular weight excluding hydrogens is 150 g/mol. The van der Waals surface area contributed by atoms with Gasteiger partial charge in [0, 0.05) is 37.7 Å². The Bertz CT molecular complexity index is 232. The molecule has 2 heteroatoms. The van der Waals surface area contributed by atoms with Gasteiger partial charge in [-0.3, -0.25) is 0 Å². The average molecular weight is 165 g/mol. The van der Waals surface area contributed by atoms with Crippen molar-refractivity contribution in [2.45, 2.75) is 6.42 Å². The highest BCUT2D eigenvalue weighted by molar-refractivity contribution is 5.24. The minimum atomic E-state index is 0.320. The number of likely N-dealkylation sites (tertiary alicyclic amines) is 1. The predicted molar refractivity (Wildman–Crippen MR) is 48.5 cm³/mol. The summed E-state index contributed by atoms with van der Waals surface area (Å²) in [6.07, 6.45) is 7.57. The maximum atomic E-state index is 9.14. The Morgan fingerprint density at radius 3 is 3.25 bits per heavy atom. The Kier molecular flexibility index (Phi) is 1.93. The van der Waals surface area contributed by atoms with Gasteiger partial charge in [0.2, 0.25) is 0 Å². The third-order valence-corrected chi connectivity index (χ3v) is 2.93. The molecule has 2 rings (SSSR count). The smallest absolute Gasteiger partial charge is 0.0482 e. The van der Waals surface area contributed by atoms with Crippen molar-refractivity contribution < 1.29 is 5.11 Å². The molecule has 1 fully saturated rings. The number of fused-ring (bicyclic) bond motifs is 1. The molecule has 2 atom stereocenters. The zero-order valence-corrected chi connectivity index (χ0v) is 7.40. The van der Waals surface area contributed by atoms with E-state index in [4.69, 9.17) is 5.11 Å². The van der Waals surface area contributed by atoms with Crippen LogP contribution in [0.2, 0.25) is 0 Å². The van der Waals surface area contributed by atoms with E-state index in [1.165, 1.54) is 5.70 Å². The topological polar surface area (TPSA) is 23.5 Å². The molecule has 12 heavy (non-hydrogen) atoms. The summed E-state index contributed by atoms with van der Waals surface area (Å²) in [6, 6.07) is 0. The van der Waals surface area contributed by atoms with E-state index in [1.54, 1.807) is 0 Å². The van der Waals surface area contributed by atoms with Gasteiger partial charge in [-0.1, -0.05) is 12.2 Å². The molecule has 1 heterocycles. The van der Waals surface area contributed by atoms with Crippen molar-refractivity contribution in [2.75, 3.05) is 20.2 Å². The zero-order valence-electron chi connectivity index (χ0n) is 7.40. The van der Waals surface area contributed by atoms with Gasteiger partial charge in [0.25, 0.3) is 0 Å². The van der Waals surface area contributed by atoms with Gasteiger partial charge in [-0.2, -0.15) is 0 Å². The summed E-state index contributed by atoms with van der Waals surface area (Å²) in [5.74, 6) is 1.02. The summed E-state index contributed by atoms with van der Waals surface area (Å²) < 4.78 is 0. The van der Waals surface area contributed by atoms with Crippen LogP contribution in [0.1, 0.15) is 6.42 Å². The zero-order chi connectivity index (χ0) is 8.55. The van der Waals surface area contributed by atoms with E-state index in [-0.39, 0.29) is 0 Å². The van der Waals surface area contributed by atoms with Crippen LogP contribution >= 0.6 is 0 Å². The fraction of sp³-hybridized carbons (Fsp3) is 0.600. The lowest BCUT2D eigenvalue weighted by molar-refractivity contribution is 0.204. The summed E-state index contributed by atoms with van der Waals surface area (Å²) >= 11 is 0. The van der Waals surface area contributed by atoms with Crippen molar-refractivity contribution in [3.05, 3.63) is 23.9 Å². The van der Waals surface area contributed by atoms with E-state index in [1.807, 2.05) is 0 Å². The molecule has 1 N–H and O–H groups in total.